The molecule has 2 N–H and O–H groups in total. The number of aromatic nitrogens is 2. The Morgan fingerprint density at radius 2 is 1.70 bits per heavy atom. The van der Waals surface area contributed by atoms with E-state index in [4.69, 9.17) is 0 Å². The van der Waals surface area contributed by atoms with Gasteiger partial charge in [0.15, 0.2) is 11.6 Å². The number of nitrogens with one attached hydrogen (secondary N) is 2. The molecule has 0 aliphatic heterocycles. The molecule has 3 aromatic rings. The summed E-state index contributed by atoms with van der Waals surface area (Å²) in [5, 5.41) is 6.95. The molecular weight excluding hydrogens is 431 g/mol. The van der Waals surface area contributed by atoms with E-state index in [0.29, 0.717) is 12.0 Å². The van der Waals surface area contributed by atoms with Crippen molar-refractivity contribution in [3.05, 3.63) is 59.4 Å². The van der Waals surface area contributed by atoms with Gasteiger partial charge in [0.1, 0.15) is 17.2 Å². The number of hydrogen-bond donors (Lipinski definition) is 2. The van der Waals surface area contributed by atoms with E-state index in [1.165, 1.54) is 0 Å². The average Bonchev–Trinajstić information content (AvgIpc) is 2.80. The van der Waals surface area contributed by atoms with Gasteiger partial charge in [-0.1, -0.05) is 12.1 Å². The number of benzene rings is 2. The molecule has 0 saturated heterocycles. The van der Waals surface area contributed by atoms with Crippen LogP contribution in [0.25, 0.3) is 10.9 Å². The number of carbonyl (C=O) groups excluding carboxylic acids is 1. The van der Waals surface area contributed by atoms with Crippen molar-refractivity contribution in [1.82, 2.24) is 15.3 Å². The number of fused-ring (bicyclic) bond motifs is 1. The Bertz CT molecular complexity index is 1160. The molecule has 1 heterocycles. The number of anilines is 2. The first-order chi connectivity index (χ1) is 15.8. The lowest BCUT2D eigenvalue weighted by atomic mass is 9.86. The van der Waals surface area contributed by atoms with Crippen LogP contribution in [0.2, 0.25) is 0 Å². The third-order valence-electron chi connectivity index (χ3n) is 6.01. The average molecular weight is 458 g/mol. The van der Waals surface area contributed by atoms with Crippen molar-refractivity contribution < 1.29 is 18.0 Å². The molecule has 1 saturated carbocycles. The molecule has 1 fully saturated rings. The summed E-state index contributed by atoms with van der Waals surface area (Å²) in [6, 6.07) is 9.46. The third-order valence-corrected chi connectivity index (χ3v) is 6.01. The van der Waals surface area contributed by atoms with Crippen molar-refractivity contribution >= 4 is 28.6 Å². The molecule has 2 aromatic carbocycles. The molecule has 0 radical (unpaired) electrons. The summed E-state index contributed by atoms with van der Waals surface area (Å²) in [5.74, 6) is -3.14. The fourth-order valence-electron chi connectivity index (χ4n) is 4.22. The van der Waals surface area contributed by atoms with E-state index in [0.717, 1.165) is 48.5 Å². The number of carbonyl (C=O) groups is 1. The highest BCUT2D eigenvalue weighted by Gasteiger charge is 2.25. The van der Waals surface area contributed by atoms with E-state index < -0.39 is 28.9 Å². The van der Waals surface area contributed by atoms with Crippen LogP contribution in [0.15, 0.2) is 36.4 Å². The molecule has 1 aliphatic rings. The lowest BCUT2D eigenvalue weighted by Gasteiger charge is -2.29. The van der Waals surface area contributed by atoms with Gasteiger partial charge in [-0.3, -0.25) is 4.79 Å². The van der Waals surface area contributed by atoms with Crippen LogP contribution >= 0.6 is 0 Å². The van der Waals surface area contributed by atoms with Gasteiger partial charge in [0.25, 0.3) is 5.91 Å². The molecule has 1 amide bonds. The van der Waals surface area contributed by atoms with Gasteiger partial charge >= 0.3 is 0 Å². The first-order valence-corrected chi connectivity index (χ1v) is 11.0. The predicted octanol–water partition coefficient (Wildman–Crippen LogP) is 4.51. The van der Waals surface area contributed by atoms with Crippen LogP contribution < -0.4 is 15.5 Å². The van der Waals surface area contributed by atoms with Gasteiger partial charge in [-0.25, -0.2) is 18.2 Å². The first kappa shape index (κ1) is 22.8. The molecule has 33 heavy (non-hydrogen) atoms. The summed E-state index contributed by atoms with van der Waals surface area (Å²) in [6.45, 7) is 0.276. The van der Waals surface area contributed by atoms with Crippen LogP contribution in [-0.2, 0) is 0 Å². The zero-order valence-corrected chi connectivity index (χ0v) is 18.5. The summed E-state index contributed by atoms with van der Waals surface area (Å²) in [6.07, 6.45) is 3.33. The largest absolute Gasteiger partial charge is 0.362 e. The predicted molar refractivity (Wildman–Crippen MR) is 122 cm³/mol. The summed E-state index contributed by atoms with van der Waals surface area (Å²) >= 11 is 0. The van der Waals surface area contributed by atoms with Gasteiger partial charge in [0, 0.05) is 32.1 Å². The summed E-state index contributed by atoms with van der Waals surface area (Å²) in [5.41, 5.74) is -0.0117. The maximum Gasteiger partial charge on any atom is 0.257 e. The molecular formula is C24H26F3N5O. The topological polar surface area (TPSA) is 70.2 Å². The lowest BCUT2D eigenvalue weighted by Crippen LogP contribution is -2.35. The molecule has 0 spiro atoms. The first-order valence-electron chi connectivity index (χ1n) is 11.0. The number of para-hydroxylation sites is 1. The second-order valence-corrected chi connectivity index (χ2v) is 8.57. The van der Waals surface area contributed by atoms with E-state index in [2.05, 4.69) is 20.6 Å². The minimum absolute atomic E-state index is 0.168. The van der Waals surface area contributed by atoms with Gasteiger partial charge < -0.3 is 15.5 Å². The maximum absolute atomic E-state index is 13.8. The smallest absolute Gasteiger partial charge is 0.257 e. The summed E-state index contributed by atoms with van der Waals surface area (Å²) in [4.78, 5) is 23.5. The van der Waals surface area contributed by atoms with Crippen LogP contribution in [0.5, 0.6) is 0 Å². The van der Waals surface area contributed by atoms with Gasteiger partial charge in [-0.15, -0.1) is 0 Å². The molecule has 0 atom stereocenters. The van der Waals surface area contributed by atoms with Crippen LogP contribution in [0.1, 0.15) is 36.0 Å². The monoisotopic (exact) mass is 457 g/mol. The second kappa shape index (κ2) is 9.64. The molecule has 6 nitrogen and oxygen atoms in total. The molecule has 1 aliphatic carbocycles. The van der Waals surface area contributed by atoms with Crippen LogP contribution in [0, 0.1) is 23.4 Å². The highest BCUT2D eigenvalue weighted by atomic mass is 19.2. The Labute approximate surface area is 190 Å². The zero-order chi connectivity index (χ0) is 23.5. The van der Waals surface area contributed by atoms with Crippen molar-refractivity contribution in [2.75, 3.05) is 30.9 Å². The van der Waals surface area contributed by atoms with E-state index in [9.17, 15) is 18.0 Å². The van der Waals surface area contributed by atoms with Crippen molar-refractivity contribution in [3.8, 4) is 0 Å². The molecule has 0 unspecified atom stereocenters. The molecule has 1 aromatic heterocycles. The number of amides is 1. The fourth-order valence-corrected chi connectivity index (χ4v) is 4.22. The van der Waals surface area contributed by atoms with E-state index >= 15 is 0 Å². The fraction of sp³-hybridized carbons (Fsp3) is 0.375. The quantitative estimate of drug-likeness (QED) is 0.533. The number of hydrogen-bond acceptors (Lipinski definition) is 5. The minimum atomic E-state index is -1.46. The molecule has 174 valence electrons. The van der Waals surface area contributed by atoms with Gasteiger partial charge in [-0.05, 0) is 55.9 Å². The molecule has 0 bridgehead atoms. The van der Waals surface area contributed by atoms with Crippen molar-refractivity contribution in [2.24, 2.45) is 5.92 Å². The normalized spacial score (nSPS) is 18.2. The Hall–Kier alpha value is -3.36. The Morgan fingerprint density at radius 3 is 2.42 bits per heavy atom. The highest BCUT2D eigenvalue weighted by molar-refractivity contribution is 5.94. The summed E-state index contributed by atoms with van der Waals surface area (Å²) in [7, 11) is 3.89. The third kappa shape index (κ3) is 5.02. The van der Waals surface area contributed by atoms with Gasteiger partial charge in [0.2, 0.25) is 5.95 Å². The van der Waals surface area contributed by atoms with Crippen molar-refractivity contribution in [1.29, 1.82) is 0 Å². The molecule has 4 rings (SSSR count). The second-order valence-electron chi connectivity index (χ2n) is 8.57. The number of halogens is 3. The van der Waals surface area contributed by atoms with Gasteiger partial charge in [-0.2, -0.15) is 4.98 Å². The highest BCUT2D eigenvalue weighted by Crippen LogP contribution is 2.28. The Balaban J connectivity index is 1.34. The van der Waals surface area contributed by atoms with Gasteiger partial charge in [0.05, 0.1) is 5.52 Å². The van der Waals surface area contributed by atoms with E-state index in [1.807, 2.05) is 43.3 Å². The number of nitrogens with zero attached hydrogens (tertiary/aromatic N) is 3. The maximum atomic E-state index is 13.8. The van der Waals surface area contributed by atoms with Crippen LogP contribution in [0.4, 0.5) is 24.9 Å². The standard InChI is InChI=1S/C24H26F3N5O/c1-32(2)22-16-5-3-4-6-19(16)30-24(31-22)29-15-9-7-14(8-10-15)13-28-23(33)20-17(25)11-12-18(26)21(20)27/h3-6,11-12,14-15H,7-10,13H2,1-2H3,(H,28,33)(H,29,30,31)/t14-,15+. The Kier molecular flexibility index (Phi) is 6.67. The minimum Gasteiger partial charge on any atom is -0.362 e. The summed E-state index contributed by atoms with van der Waals surface area (Å²) < 4.78 is 41.0. The molecule has 9 heteroatoms. The SMILES string of the molecule is CN(C)c1nc(N[C@H]2CC[C@@H](CNC(=O)c3c(F)ccc(F)c3F)CC2)nc2ccccc12. The lowest BCUT2D eigenvalue weighted by molar-refractivity contribution is 0.0933. The van der Waals surface area contributed by atoms with E-state index in [1.54, 1.807) is 0 Å². The van der Waals surface area contributed by atoms with Crippen LogP contribution in [0.3, 0.4) is 0 Å². The Morgan fingerprint density at radius 1 is 1.00 bits per heavy atom. The van der Waals surface area contributed by atoms with Crippen LogP contribution in [-0.4, -0.2) is 42.6 Å². The zero-order valence-electron chi connectivity index (χ0n) is 18.5. The number of rotatable bonds is 6. The van der Waals surface area contributed by atoms with E-state index in [-0.39, 0.29) is 18.5 Å². The van der Waals surface area contributed by atoms with Crippen molar-refractivity contribution in [3.63, 3.8) is 0 Å². The van der Waals surface area contributed by atoms with Crippen molar-refractivity contribution in [2.45, 2.75) is 31.7 Å².